The number of anilines is 2. The van der Waals surface area contributed by atoms with E-state index < -0.39 is 4.92 Å². The highest BCUT2D eigenvalue weighted by Gasteiger charge is 2.10. The van der Waals surface area contributed by atoms with E-state index in [0.717, 1.165) is 11.1 Å². The number of hydrogen-bond acceptors (Lipinski definition) is 6. The average Bonchev–Trinajstić information content (AvgIpc) is 2.46. The molecule has 1 aromatic heterocycles. The van der Waals surface area contributed by atoms with Crippen LogP contribution in [0, 0.1) is 17.0 Å². The van der Waals surface area contributed by atoms with Gasteiger partial charge in [0.2, 0.25) is 0 Å². The van der Waals surface area contributed by atoms with Gasteiger partial charge in [0.05, 0.1) is 17.1 Å². The third kappa shape index (κ3) is 3.21. The first kappa shape index (κ1) is 13.8. The highest BCUT2D eigenvalue weighted by Crippen LogP contribution is 2.20. The Hall–Kier alpha value is -2.67. The molecule has 2 rings (SSSR count). The summed E-state index contributed by atoms with van der Waals surface area (Å²) in [5.74, 6) is 5.90. The number of nitrogens with zero attached hydrogens (tertiary/aromatic N) is 2. The SMILES string of the molecule is Cc1ccccc1CNc1cc([N+](=O)[O-])cc(NN)n1. The zero-order chi connectivity index (χ0) is 14.5. The second-order valence-electron chi connectivity index (χ2n) is 4.28. The first-order valence-corrected chi connectivity index (χ1v) is 6.01. The van der Waals surface area contributed by atoms with Crippen molar-refractivity contribution in [3.63, 3.8) is 0 Å². The van der Waals surface area contributed by atoms with Gasteiger partial charge < -0.3 is 10.7 Å². The lowest BCUT2D eigenvalue weighted by molar-refractivity contribution is -0.384. The van der Waals surface area contributed by atoms with Gasteiger partial charge in [0.25, 0.3) is 5.69 Å². The molecule has 0 unspecified atom stereocenters. The van der Waals surface area contributed by atoms with Crippen LogP contribution in [0.4, 0.5) is 17.3 Å². The van der Waals surface area contributed by atoms with Gasteiger partial charge in [-0.05, 0) is 18.1 Å². The fourth-order valence-electron chi connectivity index (χ4n) is 1.78. The quantitative estimate of drug-likeness (QED) is 0.438. The third-order valence-electron chi connectivity index (χ3n) is 2.89. The Morgan fingerprint density at radius 1 is 1.30 bits per heavy atom. The highest BCUT2D eigenvalue weighted by atomic mass is 16.6. The summed E-state index contributed by atoms with van der Waals surface area (Å²) in [4.78, 5) is 14.5. The fourth-order valence-corrected chi connectivity index (χ4v) is 1.78. The van der Waals surface area contributed by atoms with E-state index in [9.17, 15) is 10.1 Å². The van der Waals surface area contributed by atoms with Crippen molar-refractivity contribution in [2.45, 2.75) is 13.5 Å². The molecule has 0 aliphatic heterocycles. The van der Waals surface area contributed by atoms with Gasteiger partial charge >= 0.3 is 0 Å². The van der Waals surface area contributed by atoms with Crippen molar-refractivity contribution in [1.29, 1.82) is 0 Å². The molecule has 0 radical (unpaired) electrons. The molecule has 104 valence electrons. The van der Waals surface area contributed by atoms with Crippen molar-refractivity contribution in [3.8, 4) is 0 Å². The number of nitrogens with one attached hydrogen (secondary N) is 2. The molecule has 0 saturated carbocycles. The molecule has 0 aliphatic rings. The summed E-state index contributed by atoms with van der Waals surface area (Å²) in [5, 5.41) is 13.9. The normalized spacial score (nSPS) is 10.1. The van der Waals surface area contributed by atoms with E-state index in [1.807, 2.05) is 31.2 Å². The number of nitrogens with two attached hydrogens (primary N) is 1. The molecule has 0 bridgehead atoms. The molecule has 0 saturated heterocycles. The molecular weight excluding hydrogens is 258 g/mol. The Morgan fingerprint density at radius 3 is 2.65 bits per heavy atom. The van der Waals surface area contributed by atoms with Gasteiger partial charge in [0, 0.05) is 6.54 Å². The number of benzene rings is 1. The maximum absolute atomic E-state index is 10.8. The smallest absolute Gasteiger partial charge is 0.276 e. The zero-order valence-electron chi connectivity index (χ0n) is 11.0. The van der Waals surface area contributed by atoms with Crippen molar-refractivity contribution in [3.05, 3.63) is 57.6 Å². The first-order chi connectivity index (χ1) is 9.60. The largest absolute Gasteiger partial charge is 0.366 e. The maximum Gasteiger partial charge on any atom is 0.276 e. The molecule has 4 N–H and O–H groups in total. The van der Waals surface area contributed by atoms with Gasteiger partial charge in [-0.2, -0.15) is 0 Å². The van der Waals surface area contributed by atoms with Crippen LogP contribution in [0.15, 0.2) is 36.4 Å². The maximum atomic E-state index is 10.8. The summed E-state index contributed by atoms with van der Waals surface area (Å²) >= 11 is 0. The molecule has 0 aliphatic carbocycles. The lowest BCUT2D eigenvalue weighted by atomic mass is 10.1. The van der Waals surface area contributed by atoms with Gasteiger partial charge in [0.15, 0.2) is 0 Å². The number of hydrogen-bond donors (Lipinski definition) is 3. The van der Waals surface area contributed by atoms with Gasteiger partial charge in [-0.3, -0.25) is 10.1 Å². The number of nitro groups is 1. The van der Waals surface area contributed by atoms with Crippen LogP contribution in [0.3, 0.4) is 0 Å². The molecule has 0 spiro atoms. The van der Waals surface area contributed by atoms with E-state index in [-0.39, 0.29) is 11.5 Å². The molecule has 7 heteroatoms. The van der Waals surface area contributed by atoms with Crippen molar-refractivity contribution >= 4 is 17.3 Å². The van der Waals surface area contributed by atoms with Gasteiger partial charge in [-0.15, -0.1) is 0 Å². The third-order valence-corrected chi connectivity index (χ3v) is 2.89. The number of nitrogen functional groups attached to an aromatic ring is 1. The summed E-state index contributed by atoms with van der Waals surface area (Å²) in [5.41, 5.74) is 4.49. The topological polar surface area (TPSA) is 106 Å². The van der Waals surface area contributed by atoms with Crippen molar-refractivity contribution in [2.75, 3.05) is 10.7 Å². The Balaban J connectivity index is 2.19. The minimum atomic E-state index is -0.485. The molecule has 2 aromatic rings. The lowest BCUT2D eigenvalue weighted by Crippen LogP contribution is -2.11. The van der Waals surface area contributed by atoms with Crippen molar-refractivity contribution in [2.24, 2.45) is 5.84 Å². The van der Waals surface area contributed by atoms with E-state index >= 15 is 0 Å². The summed E-state index contributed by atoms with van der Waals surface area (Å²) < 4.78 is 0. The van der Waals surface area contributed by atoms with Crippen molar-refractivity contribution < 1.29 is 4.92 Å². The molecule has 7 nitrogen and oxygen atoms in total. The minimum Gasteiger partial charge on any atom is -0.366 e. The first-order valence-electron chi connectivity index (χ1n) is 6.01. The van der Waals surface area contributed by atoms with E-state index in [1.165, 1.54) is 12.1 Å². The van der Waals surface area contributed by atoms with Crippen LogP contribution in [0.1, 0.15) is 11.1 Å². The Morgan fingerprint density at radius 2 is 2.00 bits per heavy atom. The predicted molar refractivity (Wildman–Crippen MR) is 77.2 cm³/mol. The van der Waals surface area contributed by atoms with E-state index in [4.69, 9.17) is 5.84 Å². The van der Waals surface area contributed by atoms with Crippen LogP contribution >= 0.6 is 0 Å². The Kier molecular flexibility index (Phi) is 4.11. The van der Waals surface area contributed by atoms with Crippen LogP contribution in [-0.2, 0) is 6.54 Å². The van der Waals surface area contributed by atoms with E-state index in [2.05, 4.69) is 15.7 Å². The molecule has 0 amide bonds. The average molecular weight is 273 g/mol. The number of aromatic nitrogens is 1. The molecule has 1 heterocycles. The number of rotatable bonds is 5. The second kappa shape index (κ2) is 5.98. The summed E-state index contributed by atoms with van der Waals surface area (Å²) in [7, 11) is 0. The summed E-state index contributed by atoms with van der Waals surface area (Å²) in [6.45, 7) is 2.54. The monoisotopic (exact) mass is 273 g/mol. The zero-order valence-corrected chi connectivity index (χ0v) is 11.0. The van der Waals surface area contributed by atoms with Crippen LogP contribution in [0.25, 0.3) is 0 Å². The standard InChI is InChI=1S/C13H15N5O2/c1-9-4-2-3-5-10(9)8-15-12-6-11(18(19)20)7-13(16-12)17-14/h2-7H,8,14H2,1H3,(H2,15,16,17). The van der Waals surface area contributed by atoms with Crippen LogP contribution < -0.4 is 16.6 Å². The number of aryl methyl sites for hydroxylation is 1. The number of hydrazine groups is 1. The Labute approximate surface area is 116 Å². The van der Waals surface area contributed by atoms with Crippen LogP contribution in [0.5, 0.6) is 0 Å². The molecular formula is C13H15N5O2. The Bertz CT molecular complexity index is 630. The van der Waals surface area contributed by atoms with E-state index in [1.54, 1.807) is 0 Å². The van der Waals surface area contributed by atoms with Gasteiger partial charge in [-0.25, -0.2) is 10.8 Å². The fraction of sp³-hybridized carbons (Fsp3) is 0.154. The van der Waals surface area contributed by atoms with Crippen LogP contribution in [-0.4, -0.2) is 9.91 Å². The molecule has 20 heavy (non-hydrogen) atoms. The van der Waals surface area contributed by atoms with Crippen LogP contribution in [0.2, 0.25) is 0 Å². The number of pyridine rings is 1. The van der Waals surface area contributed by atoms with Crippen molar-refractivity contribution in [1.82, 2.24) is 4.98 Å². The summed E-state index contributed by atoms with van der Waals surface area (Å²) in [6.07, 6.45) is 0. The second-order valence-corrected chi connectivity index (χ2v) is 4.28. The summed E-state index contributed by atoms with van der Waals surface area (Å²) in [6, 6.07) is 10.5. The lowest BCUT2D eigenvalue weighted by Gasteiger charge is -2.09. The predicted octanol–water partition coefficient (Wildman–Crippen LogP) is 2.20. The minimum absolute atomic E-state index is 0.0692. The highest BCUT2D eigenvalue weighted by molar-refractivity contribution is 5.54. The van der Waals surface area contributed by atoms with E-state index in [0.29, 0.717) is 12.4 Å². The molecule has 0 atom stereocenters. The van der Waals surface area contributed by atoms with Gasteiger partial charge in [-0.1, -0.05) is 24.3 Å². The molecule has 0 fully saturated rings. The van der Waals surface area contributed by atoms with Gasteiger partial charge in [0.1, 0.15) is 11.6 Å². The molecule has 1 aromatic carbocycles.